The Balaban J connectivity index is 0.000000763. The Hall–Kier alpha value is -1.31. The number of thiol groups is 1. The summed E-state index contributed by atoms with van der Waals surface area (Å²) < 4.78 is 26.5. The van der Waals surface area contributed by atoms with Crippen molar-refractivity contribution in [1.29, 1.82) is 0 Å². The summed E-state index contributed by atoms with van der Waals surface area (Å²) in [5, 5.41) is 2.01. The molecule has 0 spiro atoms. The van der Waals surface area contributed by atoms with Crippen molar-refractivity contribution in [3.63, 3.8) is 0 Å². The third kappa shape index (κ3) is 10.4. The zero-order valence-corrected chi connectivity index (χ0v) is 15.5. The fourth-order valence-electron chi connectivity index (χ4n) is 0.961. The maximum absolute atomic E-state index is 11.9. The molecule has 0 aromatic carbocycles. The number of hydrogen-bond acceptors (Lipinski definition) is 5. The first-order valence-corrected chi connectivity index (χ1v) is 9.17. The smallest absolute Gasteiger partial charge is 0.255 e. The standard InChI is InChI=1S/C11H12N2O2S2.C4H10S/c1-3-5-7-10(6-4-2)17(14,15)13-11-12-8-9-16-11;1-4(2,3)5/h3-9H,1-2H2,(H,12,13);5H,1-3H3/b7-5-,10-6+;. The molecule has 0 bridgehead atoms. The summed E-state index contributed by atoms with van der Waals surface area (Å²) in [5.41, 5.74) is 0. The molecule has 1 aromatic rings. The van der Waals surface area contributed by atoms with Gasteiger partial charge in [-0.3, -0.25) is 4.72 Å². The highest BCUT2D eigenvalue weighted by Gasteiger charge is 2.15. The molecule has 0 aliphatic carbocycles. The second-order valence-corrected chi connectivity index (χ2v) is 8.93. The number of nitrogens with zero attached hydrogens (tertiary/aromatic N) is 1. The lowest BCUT2D eigenvalue weighted by Gasteiger charge is -2.04. The van der Waals surface area contributed by atoms with Gasteiger partial charge in [0.2, 0.25) is 0 Å². The predicted molar refractivity (Wildman–Crippen MR) is 101 cm³/mol. The normalized spacial score (nSPS) is 12.5. The van der Waals surface area contributed by atoms with Gasteiger partial charge in [0.15, 0.2) is 5.13 Å². The average Bonchev–Trinajstić information content (AvgIpc) is 2.84. The van der Waals surface area contributed by atoms with Gasteiger partial charge in [-0.1, -0.05) is 52.2 Å². The van der Waals surface area contributed by atoms with Crippen molar-refractivity contribution >= 4 is 39.1 Å². The van der Waals surface area contributed by atoms with Crippen LogP contribution in [0.2, 0.25) is 0 Å². The lowest BCUT2D eigenvalue weighted by atomic mass is 10.3. The lowest BCUT2D eigenvalue weighted by molar-refractivity contribution is 0.608. The minimum Gasteiger partial charge on any atom is -0.255 e. The summed E-state index contributed by atoms with van der Waals surface area (Å²) in [6.07, 6.45) is 8.80. The van der Waals surface area contributed by atoms with E-state index in [9.17, 15) is 8.42 Å². The van der Waals surface area contributed by atoms with Crippen LogP contribution in [0.15, 0.2) is 60.0 Å². The molecule has 0 amide bonds. The molecule has 0 radical (unpaired) electrons. The number of anilines is 1. The Morgan fingerprint density at radius 3 is 2.36 bits per heavy atom. The number of hydrogen-bond donors (Lipinski definition) is 2. The van der Waals surface area contributed by atoms with Crippen LogP contribution in [-0.4, -0.2) is 18.1 Å². The van der Waals surface area contributed by atoms with Gasteiger partial charge < -0.3 is 0 Å². The van der Waals surface area contributed by atoms with E-state index in [2.05, 4.69) is 56.3 Å². The first-order chi connectivity index (χ1) is 10.1. The summed E-state index contributed by atoms with van der Waals surface area (Å²) in [6, 6.07) is 0. The third-order valence-electron chi connectivity index (χ3n) is 1.64. The first kappa shape index (κ1) is 20.7. The number of rotatable bonds is 6. The van der Waals surface area contributed by atoms with Crippen LogP contribution in [0.25, 0.3) is 0 Å². The molecule has 0 saturated heterocycles. The van der Waals surface area contributed by atoms with E-state index in [4.69, 9.17) is 0 Å². The summed E-state index contributed by atoms with van der Waals surface area (Å²) in [7, 11) is -3.63. The Labute approximate surface area is 142 Å². The Morgan fingerprint density at radius 2 is 1.95 bits per heavy atom. The van der Waals surface area contributed by atoms with Gasteiger partial charge in [-0.25, -0.2) is 13.4 Å². The second kappa shape index (κ2) is 9.66. The highest BCUT2D eigenvalue weighted by atomic mass is 32.2. The van der Waals surface area contributed by atoms with Crippen LogP contribution in [0.5, 0.6) is 0 Å². The highest BCUT2D eigenvalue weighted by molar-refractivity contribution is 7.96. The Morgan fingerprint density at radius 1 is 1.36 bits per heavy atom. The molecule has 122 valence electrons. The van der Waals surface area contributed by atoms with Crippen molar-refractivity contribution in [2.45, 2.75) is 25.5 Å². The van der Waals surface area contributed by atoms with Gasteiger partial charge in [-0.15, -0.1) is 11.3 Å². The van der Waals surface area contributed by atoms with Crippen molar-refractivity contribution in [3.8, 4) is 0 Å². The minimum atomic E-state index is -3.63. The molecule has 0 saturated carbocycles. The van der Waals surface area contributed by atoms with E-state index in [-0.39, 0.29) is 9.65 Å². The van der Waals surface area contributed by atoms with Gasteiger partial charge in [0, 0.05) is 16.3 Å². The molecular weight excluding hydrogens is 336 g/mol. The van der Waals surface area contributed by atoms with Gasteiger partial charge in [0.25, 0.3) is 10.0 Å². The summed E-state index contributed by atoms with van der Waals surface area (Å²) in [5.74, 6) is 0. The predicted octanol–water partition coefficient (Wildman–Crippen LogP) is 4.41. The van der Waals surface area contributed by atoms with E-state index < -0.39 is 10.0 Å². The molecule has 0 aliphatic rings. The number of allylic oxidation sites excluding steroid dienone is 5. The van der Waals surface area contributed by atoms with Crippen LogP contribution in [0, 0.1) is 0 Å². The monoisotopic (exact) mass is 358 g/mol. The van der Waals surface area contributed by atoms with Gasteiger partial charge in [0.05, 0.1) is 4.91 Å². The summed E-state index contributed by atoms with van der Waals surface area (Å²) in [6.45, 7) is 13.1. The molecule has 0 atom stereocenters. The fraction of sp³-hybridized carbons (Fsp3) is 0.267. The molecule has 7 heteroatoms. The molecule has 0 unspecified atom stereocenters. The molecule has 1 aromatic heterocycles. The maximum atomic E-state index is 11.9. The maximum Gasteiger partial charge on any atom is 0.263 e. The molecule has 1 N–H and O–H groups in total. The van der Waals surface area contributed by atoms with E-state index >= 15 is 0 Å². The van der Waals surface area contributed by atoms with Crippen LogP contribution in [-0.2, 0) is 10.0 Å². The Kier molecular flexibility index (Phi) is 9.08. The van der Waals surface area contributed by atoms with Crippen molar-refractivity contribution in [2.24, 2.45) is 0 Å². The van der Waals surface area contributed by atoms with Gasteiger partial charge in [-0.2, -0.15) is 12.6 Å². The van der Waals surface area contributed by atoms with Gasteiger partial charge in [-0.05, 0) is 12.2 Å². The molecule has 1 rings (SSSR count). The van der Waals surface area contributed by atoms with E-state index in [1.54, 1.807) is 5.38 Å². The van der Waals surface area contributed by atoms with Crippen molar-refractivity contribution in [2.75, 3.05) is 4.72 Å². The fourth-order valence-corrected chi connectivity index (χ4v) is 2.79. The minimum absolute atomic E-state index is 0.0996. The van der Waals surface area contributed by atoms with Gasteiger partial charge in [0.1, 0.15) is 0 Å². The van der Waals surface area contributed by atoms with E-state index in [1.165, 1.54) is 47.9 Å². The zero-order chi connectivity index (χ0) is 17.2. The number of thiazole rings is 1. The Bertz CT molecular complexity index is 616. The van der Waals surface area contributed by atoms with Crippen LogP contribution in [0.3, 0.4) is 0 Å². The van der Waals surface area contributed by atoms with Crippen molar-refractivity contribution < 1.29 is 8.42 Å². The second-order valence-electron chi connectivity index (χ2n) is 5.01. The average molecular weight is 359 g/mol. The van der Waals surface area contributed by atoms with Crippen LogP contribution in [0.4, 0.5) is 5.13 Å². The quantitative estimate of drug-likeness (QED) is 0.585. The topological polar surface area (TPSA) is 59.1 Å². The molecular formula is C15H22N2O2S3. The van der Waals surface area contributed by atoms with Crippen LogP contribution < -0.4 is 4.72 Å². The van der Waals surface area contributed by atoms with Crippen molar-refractivity contribution in [1.82, 2.24) is 4.98 Å². The van der Waals surface area contributed by atoms with E-state index in [0.29, 0.717) is 5.13 Å². The van der Waals surface area contributed by atoms with Crippen LogP contribution >= 0.6 is 24.0 Å². The SMILES string of the molecule is C=C/C=C\C(=C/C=C)S(=O)(=O)Nc1nccs1.CC(C)(C)S. The number of nitrogens with one attached hydrogen (secondary N) is 1. The third-order valence-corrected chi connectivity index (χ3v) is 3.82. The summed E-state index contributed by atoms with van der Waals surface area (Å²) >= 11 is 5.33. The number of sulfonamides is 1. The highest BCUT2D eigenvalue weighted by Crippen LogP contribution is 2.17. The lowest BCUT2D eigenvalue weighted by Crippen LogP contribution is -2.13. The molecule has 4 nitrogen and oxygen atoms in total. The molecule has 0 aliphatic heterocycles. The molecule has 22 heavy (non-hydrogen) atoms. The molecule has 1 heterocycles. The summed E-state index contributed by atoms with van der Waals surface area (Å²) in [4.78, 5) is 3.95. The van der Waals surface area contributed by atoms with Crippen molar-refractivity contribution in [3.05, 3.63) is 60.0 Å². The van der Waals surface area contributed by atoms with E-state index in [0.717, 1.165) is 0 Å². The first-order valence-electron chi connectivity index (χ1n) is 6.36. The zero-order valence-electron chi connectivity index (χ0n) is 13.0. The van der Waals surface area contributed by atoms with E-state index in [1.807, 2.05) is 0 Å². The van der Waals surface area contributed by atoms with Gasteiger partial charge >= 0.3 is 0 Å². The largest absolute Gasteiger partial charge is 0.263 e. The van der Waals surface area contributed by atoms with Crippen LogP contribution in [0.1, 0.15) is 20.8 Å². The molecule has 0 fully saturated rings. The number of aromatic nitrogens is 1.